The van der Waals surface area contributed by atoms with E-state index in [0.29, 0.717) is 12.0 Å². The summed E-state index contributed by atoms with van der Waals surface area (Å²) in [4.78, 5) is 0. The molecule has 0 aromatic heterocycles. The highest BCUT2D eigenvalue weighted by molar-refractivity contribution is 4.84. The van der Waals surface area contributed by atoms with Gasteiger partial charge in [-0.15, -0.1) is 0 Å². The van der Waals surface area contributed by atoms with E-state index < -0.39 is 0 Å². The monoisotopic (exact) mass is 172 g/mol. The molecular weight excluding hydrogens is 152 g/mol. The van der Waals surface area contributed by atoms with Crippen LogP contribution in [0.1, 0.15) is 34.1 Å². The number of hydrogen-bond donors (Lipinski definition) is 1. The molecule has 1 fully saturated rings. The van der Waals surface area contributed by atoms with Crippen LogP contribution < -0.4 is 0 Å². The lowest BCUT2D eigenvalue weighted by Crippen LogP contribution is -2.34. The fourth-order valence-corrected chi connectivity index (χ4v) is 1.78. The zero-order valence-corrected chi connectivity index (χ0v) is 8.50. The standard InChI is InChI=1S/C10H20O2/c1-7-5-8(6-12-7)9(11)10(2,3)4/h7-9,11H,5-6H2,1-4H3. The van der Waals surface area contributed by atoms with Gasteiger partial charge >= 0.3 is 0 Å². The molecule has 1 N–H and O–H groups in total. The van der Waals surface area contributed by atoms with Crippen LogP contribution in [0.25, 0.3) is 0 Å². The SMILES string of the molecule is CC1CC(C(O)C(C)(C)C)CO1. The summed E-state index contributed by atoms with van der Waals surface area (Å²) >= 11 is 0. The van der Waals surface area contributed by atoms with Crippen molar-refractivity contribution < 1.29 is 9.84 Å². The van der Waals surface area contributed by atoms with Crippen LogP contribution >= 0.6 is 0 Å². The molecule has 1 aliphatic rings. The summed E-state index contributed by atoms with van der Waals surface area (Å²) < 4.78 is 5.42. The van der Waals surface area contributed by atoms with E-state index >= 15 is 0 Å². The van der Waals surface area contributed by atoms with Crippen molar-refractivity contribution in [3.05, 3.63) is 0 Å². The Bertz CT molecular complexity index is 148. The number of aliphatic hydroxyl groups excluding tert-OH is 1. The van der Waals surface area contributed by atoms with Crippen LogP contribution in [0.2, 0.25) is 0 Å². The summed E-state index contributed by atoms with van der Waals surface area (Å²) in [5.41, 5.74) is -0.0158. The molecule has 1 aliphatic heterocycles. The first-order valence-corrected chi connectivity index (χ1v) is 4.71. The molecule has 0 spiro atoms. The summed E-state index contributed by atoms with van der Waals surface area (Å²) in [6.45, 7) is 9.00. The maximum Gasteiger partial charge on any atom is 0.0639 e. The van der Waals surface area contributed by atoms with Crippen LogP contribution in [-0.2, 0) is 4.74 Å². The van der Waals surface area contributed by atoms with Crippen molar-refractivity contribution in [1.82, 2.24) is 0 Å². The topological polar surface area (TPSA) is 29.5 Å². The molecule has 2 nitrogen and oxygen atoms in total. The van der Waals surface area contributed by atoms with Gasteiger partial charge in [0.2, 0.25) is 0 Å². The minimum Gasteiger partial charge on any atom is -0.392 e. The Morgan fingerprint density at radius 1 is 1.42 bits per heavy atom. The quantitative estimate of drug-likeness (QED) is 0.653. The van der Waals surface area contributed by atoms with Crippen molar-refractivity contribution in [2.75, 3.05) is 6.61 Å². The minimum atomic E-state index is -0.234. The normalized spacial score (nSPS) is 33.8. The second kappa shape index (κ2) is 3.35. The molecule has 0 radical (unpaired) electrons. The molecule has 12 heavy (non-hydrogen) atoms. The van der Waals surface area contributed by atoms with Gasteiger partial charge in [0.05, 0.1) is 18.8 Å². The smallest absolute Gasteiger partial charge is 0.0639 e. The first-order chi connectivity index (χ1) is 5.41. The molecule has 0 aliphatic carbocycles. The third kappa shape index (κ3) is 2.20. The molecular formula is C10H20O2. The molecule has 0 bridgehead atoms. The van der Waals surface area contributed by atoms with E-state index in [2.05, 4.69) is 27.7 Å². The van der Waals surface area contributed by atoms with Crippen LogP contribution in [0.15, 0.2) is 0 Å². The third-order valence-corrected chi connectivity index (χ3v) is 2.56. The Labute approximate surface area is 74.9 Å². The van der Waals surface area contributed by atoms with E-state index in [9.17, 15) is 5.11 Å². The first kappa shape index (κ1) is 10.0. The minimum absolute atomic E-state index is 0.0158. The van der Waals surface area contributed by atoms with E-state index in [4.69, 9.17) is 4.74 Å². The van der Waals surface area contributed by atoms with E-state index in [1.54, 1.807) is 0 Å². The lowest BCUT2D eigenvalue weighted by atomic mass is 9.80. The maximum atomic E-state index is 9.92. The van der Waals surface area contributed by atoms with E-state index in [-0.39, 0.29) is 11.5 Å². The van der Waals surface area contributed by atoms with Gasteiger partial charge in [-0.05, 0) is 18.8 Å². The molecule has 1 rings (SSSR count). The Balaban J connectivity index is 2.48. The highest BCUT2D eigenvalue weighted by Gasteiger charge is 2.35. The fourth-order valence-electron chi connectivity index (χ4n) is 1.78. The van der Waals surface area contributed by atoms with Crippen LogP contribution in [-0.4, -0.2) is 23.9 Å². The van der Waals surface area contributed by atoms with E-state index in [1.165, 1.54) is 0 Å². The third-order valence-electron chi connectivity index (χ3n) is 2.56. The van der Waals surface area contributed by atoms with Crippen LogP contribution in [0, 0.1) is 11.3 Å². The van der Waals surface area contributed by atoms with Gasteiger partial charge in [0.15, 0.2) is 0 Å². The average molecular weight is 172 g/mol. The molecule has 0 amide bonds. The maximum absolute atomic E-state index is 9.92. The summed E-state index contributed by atoms with van der Waals surface area (Å²) in [5.74, 6) is 0.333. The van der Waals surface area contributed by atoms with Gasteiger partial charge in [-0.25, -0.2) is 0 Å². The Morgan fingerprint density at radius 2 is 2.00 bits per heavy atom. The highest BCUT2D eigenvalue weighted by Crippen LogP contribution is 2.31. The van der Waals surface area contributed by atoms with Gasteiger partial charge in [-0.2, -0.15) is 0 Å². The van der Waals surface area contributed by atoms with E-state index in [1.807, 2.05) is 0 Å². The van der Waals surface area contributed by atoms with Gasteiger partial charge in [0.25, 0.3) is 0 Å². The van der Waals surface area contributed by atoms with Crippen molar-refractivity contribution in [3.63, 3.8) is 0 Å². The Kier molecular flexibility index (Phi) is 2.79. The predicted molar refractivity (Wildman–Crippen MR) is 49.0 cm³/mol. The van der Waals surface area contributed by atoms with Gasteiger partial charge in [0.1, 0.15) is 0 Å². The van der Waals surface area contributed by atoms with Gasteiger partial charge in [-0.1, -0.05) is 20.8 Å². The van der Waals surface area contributed by atoms with Gasteiger partial charge in [-0.3, -0.25) is 0 Å². The second-order valence-corrected chi connectivity index (χ2v) is 4.95. The van der Waals surface area contributed by atoms with Crippen molar-refractivity contribution in [1.29, 1.82) is 0 Å². The highest BCUT2D eigenvalue weighted by atomic mass is 16.5. The number of rotatable bonds is 1. The zero-order valence-electron chi connectivity index (χ0n) is 8.50. The summed E-state index contributed by atoms with van der Waals surface area (Å²) in [7, 11) is 0. The molecule has 3 atom stereocenters. The molecule has 2 heteroatoms. The molecule has 1 saturated heterocycles. The van der Waals surface area contributed by atoms with Crippen LogP contribution in [0.4, 0.5) is 0 Å². The van der Waals surface area contributed by atoms with Crippen molar-refractivity contribution in [2.24, 2.45) is 11.3 Å². The van der Waals surface area contributed by atoms with Crippen LogP contribution in [0.3, 0.4) is 0 Å². The second-order valence-electron chi connectivity index (χ2n) is 4.95. The van der Waals surface area contributed by atoms with E-state index in [0.717, 1.165) is 13.0 Å². The molecule has 3 unspecified atom stereocenters. The summed E-state index contributed by atoms with van der Waals surface area (Å²) in [6.07, 6.45) is 1.09. The zero-order chi connectivity index (χ0) is 9.35. The average Bonchev–Trinajstić information content (AvgIpc) is 2.32. The van der Waals surface area contributed by atoms with Crippen molar-refractivity contribution in [2.45, 2.75) is 46.3 Å². The van der Waals surface area contributed by atoms with Gasteiger partial charge in [0, 0.05) is 5.92 Å². The largest absolute Gasteiger partial charge is 0.392 e. The Hall–Kier alpha value is -0.0800. The fraction of sp³-hybridized carbons (Fsp3) is 1.00. The number of hydrogen-bond acceptors (Lipinski definition) is 2. The lowest BCUT2D eigenvalue weighted by Gasteiger charge is -2.29. The number of ether oxygens (including phenoxy) is 1. The predicted octanol–water partition coefficient (Wildman–Crippen LogP) is 1.82. The molecule has 0 aromatic rings. The number of aliphatic hydroxyl groups is 1. The Morgan fingerprint density at radius 3 is 2.33 bits per heavy atom. The van der Waals surface area contributed by atoms with Crippen molar-refractivity contribution in [3.8, 4) is 0 Å². The molecule has 0 aromatic carbocycles. The summed E-state index contributed by atoms with van der Waals surface area (Å²) in [5, 5.41) is 9.92. The van der Waals surface area contributed by atoms with Gasteiger partial charge < -0.3 is 9.84 Å². The van der Waals surface area contributed by atoms with Crippen molar-refractivity contribution >= 4 is 0 Å². The first-order valence-electron chi connectivity index (χ1n) is 4.71. The molecule has 0 saturated carbocycles. The molecule has 72 valence electrons. The van der Waals surface area contributed by atoms with Crippen LogP contribution in [0.5, 0.6) is 0 Å². The molecule has 1 heterocycles. The lowest BCUT2D eigenvalue weighted by molar-refractivity contribution is 0.00669. The summed E-state index contributed by atoms with van der Waals surface area (Å²) in [6, 6.07) is 0.